The molecule has 0 saturated heterocycles. The minimum Gasteiger partial charge on any atom is -0.247 e. The van der Waals surface area contributed by atoms with Gasteiger partial charge in [0.15, 0.2) is 0 Å². The molecule has 0 saturated carbocycles. The van der Waals surface area contributed by atoms with Crippen molar-refractivity contribution in [2.45, 2.75) is 11.0 Å². The SMILES string of the molecule is O=C(NS(=O)(=O)C(F)(F)F)NS(=O)(=O)C(F)(F)F. The average Bonchev–Trinajstić information content (AvgIpc) is 1.95. The van der Waals surface area contributed by atoms with Crippen LogP contribution in [-0.2, 0) is 20.0 Å². The first-order valence-electron chi connectivity index (χ1n) is 3.32. The van der Waals surface area contributed by atoms with Crippen LogP contribution in [0.3, 0.4) is 0 Å². The summed E-state index contributed by atoms with van der Waals surface area (Å²) in [5.41, 5.74) is -12.0. The van der Waals surface area contributed by atoms with E-state index in [1.807, 2.05) is 0 Å². The summed E-state index contributed by atoms with van der Waals surface area (Å²) in [5, 5.41) is 0. The maximum Gasteiger partial charge on any atom is 0.516 e. The lowest BCUT2D eigenvalue weighted by molar-refractivity contribution is -0.0445. The molecule has 0 bridgehead atoms. The number of carbonyl (C=O) groups is 1. The number of alkyl halides is 6. The van der Waals surface area contributed by atoms with Gasteiger partial charge in [-0.2, -0.15) is 43.2 Å². The quantitative estimate of drug-likeness (QED) is 0.694. The summed E-state index contributed by atoms with van der Waals surface area (Å²) in [7, 11) is -12.6. The third-order valence-electron chi connectivity index (χ3n) is 1.06. The van der Waals surface area contributed by atoms with E-state index in [1.165, 1.54) is 0 Å². The number of hydrogen-bond donors (Lipinski definition) is 2. The lowest BCUT2D eigenvalue weighted by Crippen LogP contribution is -2.49. The van der Waals surface area contributed by atoms with Crippen LogP contribution in [0.25, 0.3) is 0 Å². The minimum absolute atomic E-state index is 0.0424. The van der Waals surface area contributed by atoms with Crippen LogP contribution in [-0.4, -0.2) is 33.9 Å². The summed E-state index contributed by atoms with van der Waals surface area (Å²) in [6.45, 7) is 0. The van der Waals surface area contributed by atoms with Crippen molar-refractivity contribution in [1.29, 1.82) is 0 Å². The van der Waals surface area contributed by atoms with Gasteiger partial charge in [0.05, 0.1) is 0 Å². The van der Waals surface area contributed by atoms with Crippen LogP contribution in [0.15, 0.2) is 0 Å². The molecule has 0 unspecified atom stereocenters. The van der Waals surface area contributed by atoms with E-state index in [4.69, 9.17) is 0 Å². The Morgan fingerprint density at radius 3 is 1.11 bits per heavy atom. The van der Waals surface area contributed by atoms with E-state index in [2.05, 4.69) is 0 Å². The van der Waals surface area contributed by atoms with E-state index < -0.39 is 37.1 Å². The highest BCUT2D eigenvalue weighted by molar-refractivity contribution is 7.92. The van der Waals surface area contributed by atoms with Gasteiger partial charge < -0.3 is 0 Å². The molecule has 2 amide bonds. The second-order valence-corrected chi connectivity index (χ2v) is 5.78. The van der Waals surface area contributed by atoms with Gasteiger partial charge in [0.1, 0.15) is 0 Å². The van der Waals surface area contributed by atoms with Gasteiger partial charge in [-0.3, -0.25) is 0 Å². The third kappa shape index (κ3) is 3.90. The van der Waals surface area contributed by atoms with Gasteiger partial charge in [-0.15, -0.1) is 0 Å². The fourth-order valence-electron chi connectivity index (χ4n) is 0.381. The van der Waals surface area contributed by atoms with Crippen molar-refractivity contribution in [2.75, 3.05) is 0 Å². The van der Waals surface area contributed by atoms with Crippen molar-refractivity contribution >= 4 is 26.1 Å². The van der Waals surface area contributed by atoms with Crippen LogP contribution < -0.4 is 9.44 Å². The van der Waals surface area contributed by atoms with Gasteiger partial charge >= 0.3 is 37.1 Å². The van der Waals surface area contributed by atoms with Crippen molar-refractivity contribution in [3.63, 3.8) is 0 Å². The first kappa shape index (κ1) is 16.8. The zero-order valence-electron chi connectivity index (χ0n) is 7.63. The molecule has 0 aliphatic rings. The summed E-state index contributed by atoms with van der Waals surface area (Å²) in [6.07, 6.45) is 0. The molecule has 2 N–H and O–H groups in total. The molecule has 0 aromatic rings. The Labute approximate surface area is 95.2 Å². The molecule has 0 rings (SSSR count). The van der Waals surface area contributed by atoms with Gasteiger partial charge in [0, 0.05) is 0 Å². The molecule has 0 aromatic carbocycles. The maximum atomic E-state index is 11.7. The average molecular weight is 324 g/mol. The molecule has 0 radical (unpaired) electrons. The van der Waals surface area contributed by atoms with E-state index in [0.717, 1.165) is 0 Å². The summed E-state index contributed by atoms with van der Waals surface area (Å²) in [5.74, 6) is 0. The molecule has 0 aliphatic carbocycles. The Bertz CT molecular complexity index is 481. The predicted molar refractivity (Wildman–Crippen MR) is 41.6 cm³/mol. The predicted octanol–water partition coefficient (Wildman–Crippen LogP) is -0.0152. The molecule has 0 atom stereocenters. The van der Waals surface area contributed by atoms with Gasteiger partial charge in [-0.25, -0.2) is 14.2 Å². The maximum absolute atomic E-state index is 11.7. The molecule has 7 nitrogen and oxygen atoms in total. The highest BCUT2D eigenvalue weighted by Gasteiger charge is 2.50. The van der Waals surface area contributed by atoms with Crippen molar-refractivity contribution in [1.82, 2.24) is 9.44 Å². The Hall–Kier alpha value is -1.25. The molecule has 0 heterocycles. The summed E-state index contributed by atoms with van der Waals surface area (Å²) >= 11 is 0. The topological polar surface area (TPSA) is 109 Å². The number of sulfonamides is 2. The van der Waals surface area contributed by atoms with Crippen molar-refractivity contribution < 1.29 is 48.0 Å². The number of urea groups is 1. The lowest BCUT2D eigenvalue weighted by atomic mass is 11.2. The second kappa shape index (κ2) is 4.45. The van der Waals surface area contributed by atoms with Crippen LogP contribution in [0.5, 0.6) is 0 Å². The fourth-order valence-corrected chi connectivity index (χ4v) is 1.27. The van der Waals surface area contributed by atoms with Gasteiger partial charge in [-0.05, 0) is 0 Å². The molecule has 15 heteroatoms. The second-order valence-electron chi connectivity index (χ2n) is 2.43. The Balaban J connectivity index is 4.98. The Kier molecular flexibility index (Phi) is 4.14. The van der Waals surface area contributed by atoms with Crippen LogP contribution >= 0.6 is 0 Å². The Morgan fingerprint density at radius 1 is 0.722 bits per heavy atom. The first-order chi connectivity index (χ1) is 7.60. The highest BCUT2D eigenvalue weighted by Crippen LogP contribution is 2.23. The van der Waals surface area contributed by atoms with E-state index in [0.29, 0.717) is 0 Å². The standard InChI is InChI=1S/C3H2F6N2O5S2/c4-2(5,6)17(13,14)10-1(12)11-18(15,16)3(7,8)9/h(H2,10,11,12). The minimum atomic E-state index is -6.31. The molecule has 0 spiro atoms. The number of halogens is 6. The molecule has 0 aromatic heterocycles. The number of amides is 2. The molecule has 0 aliphatic heterocycles. The molecular formula is C3H2F6N2O5S2. The van der Waals surface area contributed by atoms with Crippen LogP contribution in [0.4, 0.5) is 31.1 Å². The summed E-state index contributed by atoms with van der Waals surface area (Å²) in [4.78, 5) is 10.4. The number of nitrogens with one attached hydrogen (secondary N) is 2. The summed E-state index contributed by atoms with van der Waals surface area (Å²) in [6, 6.07) is -2.72. The number of rotatable bonds is 2. The third-order valence-corrected chi connectivity index (χ3v) is 3.19. The van der Waals surface area contributed by atoms with Crippen molar-refractivity contribution in [3.8, 4) is 0 Å². The van der Waals surface area contributed by atoms with E-state index in [9.17, 15) is 48.0 Å². The number of carbonyl (C=O) groups excluding carboxylic acids is 1. The molecule has 18 heavy (non-hydrogen) atoms. The van der Waals surface area contributed by atoms with E-state index in [1.54, 1.807) is 0 Å². The van der Waals surface area contributed by atoms with Crippen molar-refractivity contribution in [2.24, 2.45) is 0 Å². The van der Waals surface area contributed by atoms with Crippen LogP contribution in [0.1, 0.15) is 0 Å². The molecule has 0 fully saturated rings. The lowest BCUT2D eigenvalue weighted by Gasteiger charge is -2.11. The van der Waals surface area contributed by atoms with Gasteiger partial charge in [-0.1, -0.05) is 0 Å². The van der Waals surface area contributed by atoms with E-state index in [-0.39, 0.29) is 9.44 Å². The molecular weight excluding hydrogens is 322 g/mol. The van der Waals surface area contributed by atoms with Crippen LogP contribution in [0, 0.1) is 0 Å². The summed E-state index contributed by atoms with van der Waals surface area (Å²) < 4.78 is 111. The van der Waals surface area contributed by atoms with Gasteiger partial charge in [0.2, 0.25) is 0 Å². The first-order valence-corrected chi connectivity index (χ1v) is 6.29. The zero-order valence-corrected chi connectivity index (χ0v) is 9.26. The highest BCUT2D eigenvalue weighted by atomic mass is 32.2. The fraction of sp³-hybridized carbons (Fsp3) is 0.667. The number of hydrogen-bond acceptors (Lipinski definition) is 5. The molecule has 108 valence electrons. The van der Waals surface area contributed by atoms with Crippen LogP contribution in [0.2, 0.25) is 0 Å². The Morgan fingerprint density at radius 2 is 0.944 bits per heavy atom. The smallest absolute Gasteiger partial charge is 0.247 e. The van der Waals surface area contributed by atoms with Gasteiger partial charge in [0.25, 0.3) is 0 Å². The monoisotopic (exact) mass is 324 g/mol. The largest absolute Gasteiger partial charge is 0.516 e. The zero-order chi connectivity index (χ0) is 15.0. The normalized spacial score (nSPS) is 14.1. The van der Waals surface area contributed by atoms with E-state index >= 15 is 0 Å². The van der Waals surface area contributed by atoms with Crippen molar-refractivity contribution in [3.05, 3.63) is 0 Å².